The van der Waals surface area contributed by atoms with E-state index in [1.807, 2.05) is 24.3 Å². The van der Waals surface area contributed by atoms with Crippen LogP contribution in [0.2, 0.25) is 0 Å². The molecule has 3 nitrogen and oxygen atoms in total. The Kier molecular flexibility index (Phi) is 8.68. The van der Waals surface area contributed by atoms with Gasteiger partial charge in [0.2, 0.25) is 0 Å². The fraction of sp³-hybridized carbons (Fsp3) is 0.0172. The molecular formula is C58H39N3. The molecule has 0 amide bonds. The van der Waals surface area contributed by atoms with E-state index in [1.165, 1.54) is 50.1 Å². The van der Waals surface area contributed by atoms with Crippen LogP contribution in [0.3, 0.4) is 0 Å². The standard InChI is InChI=1S/C58H39N3/c1-3-18-38(4-2)40-21-14-24-43(35-40)55-59-56(44-25-15-22-41(36-44)39-19-6-5-7-20-39)61-57(60-55)45-26-16-23-42(37-45)46-30-17-31-50-49-29-10-13-34-53(49)58(54(46)50)51-32-11-8-27-47(51)48-28-9-12-33-52(48)58/h3-37H,1-2H2/b38-18+. The maximum absolute atomic E-state index is 5.24. The molecule has 2 aliphatic rings. The van der Waals surface area contributed by atoms with E-state index in [1.54, 1.807) is 6.08 Å². The summed E-state index contributed by atoms with van der Waals surface area (Å²) in [4.78, 5) is 15.6. The number of fused-ring (bicyclic) bond motifs is 10. The van der Waals surface area contributed by atoms with Gasteiger partial charge < -0.3 is 0 Å². The van der Waals surface area contributed by atoms with Crippen LogP contribution in [0.15, 0.2) is 226 Å². The lowest BCUT2D eigenvalue weighted by atomic mass is 9.68. The highest BCUT2D eigenvalue weighted by atomic mass is 15.0. The van der Waals surface area contributed by atoms with E-state index in [4.69, 9.17) is 15.0 Å². The van der Waals surface area contributed by atoms with E-state index in [9.17, 15) is 0 Å². The third kappa shape index (κ3) is 5.78. The second-order valence-corrected chi connectivity index (χ2v) is 15.6. The van der Waals surface area contributed by atoms with Gasteiger partial charge in [-0.2, -0.15) is 0 Å². The van der Waals surface area contributed by atoms with E-state index in [0.717, 1.165) is 44.5 Å². The van der Waals surface area contributed by atoms with Gasteiger partial charge in [-0.05, 0) is 96.1 Å². The van der Waals surface area contributed by atoms with Gasteiger partial charge in [-0.25, -0.2) is 15.0 Å². The molecule has 0 radical (unpaired) electrons. The van der Waals surface area contributed by atoms with E-state index < -0.39 is 5.41 Å². The molecule has 0 N–H and O–H groups in total. The van der Waals surface area contributed by atoms with Crippen LogP contribution < -0.4 is 0 Å². The topological polar surface area (TPSA) is 38.7 Å². The van der Waals surface area contributed by atoms with Gasteiger partial charge in [-0.3, -0.25) is 0 Å². The maximum Gasteiger partial charge on any atom is 0.164 e. The van der Waals surface area contributed by atoms with Crippen molar-refractivity contribution in [1.82, 2.24) is 15.0 Å². The summed E-state index contributed by atoms with van der Waals surface area (Å²) in [5.41, 5.74) is 19.1. The molecule has 286 valence electrons. The minimum Gasteiger partial charge on any atom is -0.208 e. The summed E-state index contributed by atoms with van der Waals surface area (Å²) in [7, 11) is 0. The fourth-order valence-corrected chi connectivity index (χ4v) is 9.70. The number of hydrogen-bond donors (Lipinski definition) is 0. The monoisotopic (exact) mass is 777 g/mol. The summed E-state index contributed by atoms with van der Waals surface area (Å²) >= 11 is 0. The fourth-order valence-electron chi connectivity index (χ4n) is 9.70. The third-order valence-corrected chi connectivity index (χ3v) is 12.3. The number of rotatable bonds is 8. The molecule has 61 heavy (non-hydrogen) atoms. The van der Waals surface area contributed by atoms with Crippen molar-refractivity contribution in [2.45, 2.75) is 5.41 Å². The molecule has 3 heteroatoms. The molecular weight excluding hydrogens is 739 g/mol. The normalized spacial score (nSPS) is 13.0. The Labute approximate surface area is 356 Å². The van der Waals surface area contributed by atoms with E-state index in [-0.39, 0.29) is 0 Å². The molecule has 8 aromatic carbocycles. The first-order chi connectivity index (χ1) is 30.1. The average Bonchev–Trinajstić information content (AvgIpc) is 3.81. The molecule has 0 atom stereocenters. The average molecular weight is 778 g/mol. The summed E-state index contributed by atoms with van der Waals surface area (Å²) in [6, 6.07) is 69.5. The van der Waals surface area contributed by atoms with Crippen molar-refractivity contribution in [3.63, 3.8) is 0 Å². The highest BCUT2D eigenvalue weighted by Gasteiger charge is 2.52. The minimum atomic E-state index is -0.474. The molecule has 1 spiro atoms. The van der Waals surface area contributed by atoms with Crippen LogP contribution in [0.5, 0.6) is 0 Å². The van der Waals surface area contributed by atoms with Gasteiger partial charge >= 0.3 is 0 Å². The van der Waals surface area contributed by atoms with Crippen LogP contribution in [0.4, 0.5) is 0 Å². The Morgan fingerprint density at radius 3 is 1.39 bits per heavy atom. The molecule has 0 saturated carbocycles. The summed E-state index contributed by atoms with van der Waals surface area (Å²) in [5.74, 6) is 1.80. The van der Waals surface area contributed by atoms with Gasteiger partial charge in [0.05, 0.1) is 5.41 Å². The van der Waals surface area contributed by atoms with Crippen LogP contribution in [0.1, 0.15) is 27.8 Å². The Morgan fingerprint density at radius 2 is 0.803 bits per heavy atom. The van der Waals surface area contributed by atoms with Gasteiger partial charge in [0.1, 0.15) is 0 Å². The highest BCUT2D eigenvalue weighted by molar-refractivity contribution is 5.99. The molecule has 0 fully saturated rings. The summed E-state index contributed by atoms with van der Waals surface area (Å²) in [6.45, 7) is 7.97. The number of hydrogen-bond acceptors (Lipinski definition) is 3. The lowest BCUT2D eigenvalue weighted by molar-refractivity contribution is 0.796. The number of nitrogens with zero attached hydrogens (tertiary/aromatic N) is 3. The van der Waals surface area contributed by atoms with Crippen LogP contribution >= 0.6 is 0 Å². The van der Waals surface area contributed by atoms with E-state index >= 15 is 0 Å². The molecule has 1 heterocycles. The van der Waals surface area contributed by atoms with Crippen molar-refractivity contribution in [3.05, 3.63) is 253 Å². The van der Waals surface area contributed by atoms with Crippen LogP contribution in [-0.4, -0.2) is 15.0 Å². The zero-order chi connectivity index (χ0) is 40.9. The predicted octanol–water partition coefficient (Wildman–Crippen LogP) is 14.3. The second kappa shape index (κ2) is 14.7. The highest BCUT2D eigenvalue weighted by Crippen LogP contribution is 2.64. The molecule has 2 aliphatic carbocycles. The Morgan fingerprint density at radius 1 is 0.377 bits per heavy atom. The van der Waals surface area contributed by atoms with Crippen LogP contribution in [0, 0.1) is 0 Å². The first-order valence-corrected chi connectivity index (χ1v) is 20.7. The smallest absolute Gasteiger partial charge is 0.164 e. The predicted molar refractivity (Wildman–Crippen MR) is 252 cm³/mol. The third-order valence-electron chi connectivity index (χ3n) is 12.3. The van der Waals surface area contributed by atoms with Gasteiger partial charge in [-0.15, -0.1) is 0 Å². The Balaban J connectivity index is 1.11. The van der Waals surface area contributed by atoms with Gasteiger partial charge in [0, 0.05) is 16.7 Å². The van der Waals surface area contributed by atoms with Crippen molar-refractivity contribution >= 4 is 5.57 Å². The number of aromatic nitrogens is 3. The maximum atomic E-state index is 5.24. The molecule has 0 bridgehead atoms. The van der Waals surface area contributed by atoms with E-state index in [2.05, 4.69) is 195 Å². The molecule has 0 saturated heterocycles. The van der Waals surface area contributed by atoms with Crippen molar-refractivity contribution in [3.8, 4) is 78.7 Å². The van der Waals surface area contributed by atoms with Gasteiger partial charge in [0.25, 0.3) is 0 Å². The molecule has 9 aromatic rings. The Bertz CT molecular complexity index is 3180. The zero-order valence-electron chi connectivity index (χ0n) is 33.5. The molecule has 0 aliphatic heterocycles. The van der Waals surface area contributed by atoms with Crippen molar-refractivity contribution in [2.75, 3.05) is 0 Å². The zero-order valence-corrected chi connectivity index (χ0v) is 33.5. The summed E-state index contributed by atoms with van der Waals surface area (Å²) in [6.07, 6.45) is 5.59. The van der Waals surface area contributed by atoms with Crippen molar-refractivity contribution in [1.29, 1.82) is 0 Å². The first-order valence-electron chi connectivity index (χ1n) is 20.7. The SMILES string of the molecule is C=C/C=C(\C=C)c1cccc(-c2nc(-c3cccc(-c4ccccc4)c3)nc(-c3cccc(-c4cccc5c4C4(c6ccccc6-c6ccccc64)c4ccccc4-5)c3)n2)c1. The van der Waals surface area contributed by atoms with Gasteiger partial charge in [0.15, 0.2) is 17.5 Å². The minimum absolute atomic E-state index is 0.474. The van der Waals surface area contributed by atoms with Crippen molar-refractivity contribution < 1.29 is 0 Å². The summed E-state index contributed by atoms with van der Waals surface area (Å²) in [5, 5.41) is 0. The number of benzene rings is 8. The van der Waals surface area contributed by atoms with E-state index in [0.29, 0.717) is 17.5 Å². The van der Waals surface area contributed by atoms with Crippen molar-refractivity contribution in [2.24, 2.45) is 0 Å². The second-order valence-electron chi connectivity index (χ2n) is 15.6. The number of allylic oxidation sites excluding steroid dienone is 4. The lowest BCUT2D eigenvalue weighted by Crippen LogP contribution is -2.26. The van der Waals surface area contributed by atoms with Crippen LogP contribution in [-0.2, 0) is 5.41 Å². The quantitative estimate of drug-likeness (QED) is 0.144. The largest absolute Gasteiger partial charge is 0.208 e. The first kappa shape index (κ1) is 36.1. The Hall–Kier alpha value is -8.01. The molecule has 0 unspecified atom stereocenters. The van der Waals surface area contributed by atoms with Gasteiger partial charge in [-0.1, -0.05) is 207 Å². The molecule has 1 aromatic heterocycles. The lowest BCUT2D eigenvalue weighted by Gasteiger charge is -2.32. The van der Waals surface area contributed by atoms with Crippen LogP contribution in [0.25, 0.3) is 84.2 Å². The molecule has 11 rings (SSSR count). The summed E-state index contributed by atoms with van der Waals surface area (Å²) < 4.78 is 0.